The van der Waals surface area contributed by atoms with E-state index in [0.717, 1.165) is 24.0 Å². The third kappa shape index (κ3) is 5.37. The van der Waals surface area contributed by atoms with Crippen molar-refractivity contribution in [3.8, 4) is 0 Å². The van der Waals surface area contributed by atoms with E-state index < -0.39 is 0 Å². The van der Waals surface area contributed by atoms with Gasteiger partial charge in [-0.25, -0.2) is 0 Å². The first-order valence-electron chi connectivity index (χ1n) is 9.54. The van der Waals surface area contributed by atoms with Crippen molar-refractivity contribution in [1.82, 2.24) is 10.2 Å². The van der Waals surface area contributed by atoms with Gasteiger partial charge >= 0.3 is 0 Å². The van der Waals surface area contributed by atoms with Crippen LogP contribution in [0.5, 0.6) is 0 Å². The van der Waals surface area contributed by atoms with Crippen molar-refractivity contribution in [2.24, 2.45) is 5.92 Å². The fourth-order valence-electron chi connectivity index (χ4n) is 3.83. The molecule has 24 heavy (non-hydrogen) atoms. The summed E-state index contributed by atoms with van der Waals surface area (Å²) in [4.78, 5) is 2.32. The second kappa shape index (κ2) is 9.26. The Morgan fingerprint density at radius 1 is 1.17 bits per heavy atom. The SMILES string of the molecule is S=C(NC1CCCCCC1)N(Cc1ccco1)CC1CC=CCC1. The zero-order valence-electron chi connectivity index (χ0n) is 14.6. The summed E-state index contributed by atoms with van der Waals surface area (Å²) in [5.41, 5.74) is 0. The van der Waals surface area contributed by atoms with E-state index in [4.69, 9.17) is 16.6 Å². The lowest BCUT2D eigenvalue weighted by Gasteiger charge is -2.32. The molecular formula is C20H30N2OS. The predicted octanol–water partition coefficient (Wildman–Crippen LogP) is 5.04. The Hall–Kier alpha value is -1.29. The molecule has 1 N–H and O–H groups in total. The van der Waals surface area contributed by atoms with E-state index in [9.17, 15) is 0 Å². The van der Waals surface area contributed by atoms with Crippen molar-refractivity contribution >= 4 is 17.3 Å². The monoisotopic (exact) mass is 346 g/mol. The number of nitrogens with one attached hydrogen (secondary N) is 1. The number of furan rings is 1. The van der Waals surface area contributed by atoms with E-state index in [-0.39, 0.29) is 0 Å². The van der Waals surface area contributed by atoms with Crippen LogP contribution in [-0.2, 0) is 6.54 Å². The molecule has 1 aromatic rings. The molecular weight excluding hydrogens is 316 g/mol. The molecule has 4 heteroatoms. The molecule has 1 fully saturated rings. The highest BCUT2D eigenvalue weighted by molar-refractivity contribution is 7.80. The smallest absolute Gasteiger partial charge is 0.169 e. The van der Waals surface area contributed by atoms with Crippen molar-refractivity contribution in [2.75, 3.05) is 6.54 Å². The van der Waals surface area contributed by atoms with Gasteiger partial charge in [0, 0.05) is 12.6 Å². The van der Waals surface area contributed by atoms with Crippen LogP contribution in [-0.4, -0.2) is 22.6 Å². The molecule has 0 aliphatic heterocycles. The van der Waals surface area contributed by atoms with E-state index in [1.54, 1.807) is 6.26 Å². The van der Waals surface area contributed by atoms with Gasteiger partial charge in [-0.3, -0.25) is 0 Å². The zero-order chi connectivity index (χ0) is 16.6. The van der Waals surface area contributed by atoms with Gasteiger partial charge in [-0.05, 0) is 62.4 Å². The third-order valence-corrected chi connectivity index (χ3v) is 5.63. The van der Waals surface area contributed by atoms with Gasteiger partial charge in [0.15, 0.2) is 5.11 Å². The van der Waals surface area contributed by atoms with Crippen molar-refractivity contribution in [2.45, 2.75) is 70.4 Å². The number of hydrogen-bond acceptors (Lipinski definition) is 2. The molecule has 1 unspecified atom stereocenters. The Bertz CT molecular complexity index is 518. The van der Waals surface area contributed by atoms with Crippen LogP contribution in [0.1, 0.15) is 63.5 Å². The molecule has 2 aliphatic rings. The molecule has 0 spiro atoms. The summed E-state index contributed by atoms with van der Waals surface area (Å²) >= 11 is 5.80. The standard InChI is InChI=1S/C20H30N2OS/c24-20(21-18-11-6-1-2-7-12-18)22(16-19-13-8-14-23-19)15-17-9-4-3-5-10-17/h3-4,8,13-14,17-18H,1-2,5-7,9-12,15-16H2,(H,21,24). The molecule has 3 rings (SSSR count). The van der Waals surface area contributed by atoms with E-state index in [0.29, 0.717) is 12.0 Å². The Balaban J connectivity index is 1.60. The largest absolute Gasteiger partial charge is 0.467 e. The van der Waals surface area contributed by atoms with Crippen LogP contribution in [0.3, 0.4) is 0 Å². The topological polar surface area (TPSA) is 28.4 Å². The molecule has 1 heterocycles. The normalized spacial score (nSPS) is 22.1. The first-order chi connectivity index (χ1) is 11.8. The quantitative estimate of drug-likeness (QED) is 0.459. The number of nitrogens with zero attached hydrogens (tertiary/aromatic N) is 1. The minimum Gasteiger partial charge on any atom is -0.467 e. The minimum atomic E-state index is 0.547. The molecule has 1 atom stereocenters. The summed E-state index contributed by atoms with van der Waals surface area (Å²) in [5.74, 6) is 1.69. The molecule has 3 nitrogen and oxygen atoms in total. The van der Waals surface area contributed by atoms with Gasteiger partial charge in [-0.1, -0.05) is 37.8 Å². The third-order valence-electron chi connectivity index (χ3n) is 5.25. The van der Waals surface area contributed by atoms with E-state index in [2.05, 4.69) is 22.4 Å². The van der Waals surface area contributed by atoms with Gasteiger partial charge in [-0.15, -0.1) is 0 Å². The summed E-state index contributed by atoms with van der Waals surface area (Å²) in [6.45, 7) is 1.79. The fourth-order valence-corrected chi connectivity index (χ4v) is 4.14. The molecule has 0 amide bonds. The van der Waals surface area contributed by atoms with Gasteiger partial charge in [0.05, 0.1) is 12.8 Å². The lowest BCUT2D eigenvalue weighted by atomic mass is 9.94. The zero-order valence-corrected chi connectivity index (χ0v) is 15.4. The average Bonchev–Trinajstić information content (AvgIpc) is 2.98. The number of thiocarbonyl (C=S) groups is 1. The van der Waals surface area contributed by atoms with E-state index >= 15 is 0 Å². The highest BCUT2D eigenvalue weighted by Crippen LogP contribution is 2.22. The van der Waals surface area contributed by atoms with Gasteiger partial charge in [0.25, 0.3) is 0 Å². The number of allylic oxidation sites excluding steroid dienone is 2. The summed E-state index contributed by atoms with van der Waals surface area (Å²) in [7, 11) is 0. The van der Waals surface area contributed by atoms with Gasteiger partial charge in [0.2, 0.25) is 0 Å². The highest BCUT2D eigenvalue weighted by atomic mass is 32.1. The Labute approximate surface area is 151 Å². The average molecular weight is 347 g/mol. The van der Waals surface area contributed by atoms with Crippen molar-refractivity contribution in [3.63, 3.8) is 0 Å². The number of rotatable bonds is 5. The van der Waals surface area contributed by atoms with Crippen LogP contribution >= 0.6 is 12.2 Å². The van der Waals surface area contributed by atoms with Crippen LogP contribution in [0.25, 0.3) is 0 Å². The molecule has 2 aliphatic carbocycles. The lowest BCUT2D eigenvalue weighted by molar-refractivity contribution is 0.288. The first-order valence-corrected chi connectivity index (χ1v) is 9.95. The molecule has 1 saturated carbocycles. The summed E-state index contributed by atoms with van der Waals surface area (Å²) in [5, 5.41) is 4.57. The molecule has 0 saturated heterocycles. The second-order valence-corrected chi connectivity index (χ2v) is 7.64. The fraction of sp³-hybridized carbons (Fsp3) is 0.650. The van der Waals surface area contributed by atoms with E-state index in [1.807, 2.05) is 12.1 Å². The molecule has 0 bridgehead atoms. The van der Waals surface area contributed by atoms with Gasteiger partial charge in [0.1, 0.15) is 5.76 Å². The van der Waals surface area contributed by atoms with Crippen LogP contribution < -0.4 is 5.32 Å². The van der Waals surface area contributed by atoms with Crippen molar-refractivity contribution in [1.29, 1.82) is 0 Å². The molecule has 1 aromatic heterocycles. The maximum absolute atomic E-state index is 5.80. The van der Waals surface area contributed by atoms with E-state index in [1.165, 1.54) is 57.8 Å². The Morgan fingerprint density at radius 3 is 2.67 bits per heavy atom. The van der Waals surface area contributed by atoms with Crippen LogP contribution in [0.2, 0.25) is 0 Å². The Morgan fingerprint density at radius 2 is 2.00 bits per heavy atom. The molecule has 0 radical (unpaired) electrons. The van der Waals surface area contributed by atoms with Gasteiger partial charge < -0.3 is 14.6 Å². The van der Waals surface area contributed by atoms with Crippen LogP contribution in [0, 0.1) is 5.92 Å². The summed E-state index contributed by atoms with van der Waals surface area (Å²) in [6.07, 6.45) is 17.9. The summed E-state index contributed by atoms with van der Waals surface area (Å²) < 4.78 is 5.57. The van der Waals surface area contributed by atoms with Crippen molar-refractivity contribution < 1.29 is 4.42 Å². The van der Waals surface area contributed by atoms with Crippen LogP contribution in [0.15, 0.2) is 35.0 Å². The second-order valence-electron chi connectivity index (χ2n) is 7.25. The molecule has 0 aromatic carbocycles. The first kappa shape index (κ1) is 17.5. The van der Waals surface area contributed by atoms with Crippen LogP contribution in [0.4, 0.5) is 0 Å². The maximum Gasteiger partial charge on any atom is 0.169 e. The lowest BCUT2D eigenvalue weighted by Crippen LogP contribution is -2.46. The highest BCUT2D eigenvalue weighted by Gasteiger charge is 2.21. The van der Waals surface area contributed by atoms with Gasteiger partial charge in [-0.2, -0.15) is 0 Å². The summed E-state index contributed by atoms with van der Waals surface area (Å²) in [6, 6.07) is 4.55. The van der Waals surface area contributed by atoms with Crippen molar-refractivity contribution in [3.05, 3.63) is 36.3 Å². The molecule has 132 valence electrons. The Kier molecular flexibility index (Phi) is 6.76. The number of hydrogen-bond donors (Lipinski definition) is 1. The minimum absolute atomic E-state index is 0.547. The maximum atomic E-state index is 5.80. The predicted molar refractivity (Wildman–Crippen MR) is 103 cm³/mol.